The number of hydrogen-bond acceptors (Lipinski definition) is 3. The van der Waals surface area contributed by atoms with Crippen molar-refractivity contribution in [3.8, 4) is 0 Å². The number of hydrogen-bond donors (Lipinski definition) is 1. The van der Waals surface area contributed by atoms with Gasteiger partial charge >= 0.3 is 5.97 Å². The molecule has 0 aliphatic carbocycles. The second kappa shape index (κ2) is 4.18. The summed E-state index contributed by atoms with van der Waals surface area (Å²) in [5.41, 5.74) is 0.803. The third-order valence-electron chi connectivity index (χ3n) is 3.84. The second-order valence-electron chi connectivity index (χ2n) is 6.30. The number of ether oxygens (including phenoxy) is 1. The van der Waals surface area contributed by atoms with Gasteiger partial charge in [0.2, 0.25) is 0 Å². The average Bonchev–Trinajstić information content (AvgIpc) is 2.52. The monoisotopic (exact) mass is 305 g/mol. The number of carbonyl (C=O) groups is 1. The average molecular weight is 306 g/mol. The molecule has 1 aliphatic rings. The predicted molar refractivity (Wildman–Crippen MR) is 80.8 cm³/mol. The minimum Gasteiger partial charge on any atom is -0.478 e. The van der Waals surface area contributed by atoms with Crippen LogP contribution in [0.5, 0.6) is 0 Å². The van der Waals surface area contributed by atoms with Gasteiger partial charge in [-0.15, -0.1) is 0 Å². The topological polar surface area (TPSA) is 59.4 Å². The molecular weight excluding hydrogens is 290 g/mol. The van der Waals surface area contributed by atoms with Crippen LogP contribution in [0.4, 0.5) is 0 Å². The molecule has 0 bridgehead atoms. The molecule has 21 heavy (non-hydrogen) atoms. The first-order valence-corrected chi connectivity index (χ1v) is 7.09. The maximum atomic E-state index is 11.8. The molecule has 1 N–H and O–H groups in total. The van der Waals surface area contributed by atoms with E-state index < -0.39 is 17.2 Å². The number of rotatable bonds is 1. The Morgan fingerprint density at radius 3 is 2.52 bits per heavy atom. The summed E-state index contributed by atoms with van der Waals surface area (Å²) in [7, 11) is 0. The highest BCUT2D eigenvalue weighted by Crippen LogP contribution is 2.48. The van der Waals surface area contributed by atoms with Crippen molar-refractivity contribution in [3.63, 3.8) is 0 Å². The van der Waals surface area contributed by atoms with Crippen molar-refractivity contribution in [3.05, 3.63) is 40.0 Å². The van der Waals surface area contributed by atoms with Crippen LogP contribution in [-0.2, 0) is 15.9 Å². The smallest absolute Gasteiger partial charge is 0.336 e. The van der Waals surface area contributed by atoms with Gasteiger partial charge in [0, 0.05) is 16.0 Å². The van der Waals surface area contributed by atoms with Gasteiger partial charge in [0.05, 0.1) is 22.4 Å². The highest BCUT2D eigenvalue weighted by atomic mass is 35.5. The molecule has 110 valence electrons. The van der Waals surface area contributed by atoms with Crippen LogP contribution in [-0.4, -0.2) is 16.1 Å². The normalized spacial score (nSPS) is 18.7. The zero-order chi connectivity index (χ0) is 15.6. The molecule has 4 nitrogen and oxygen atoms in total. The van der Waals surface area contributed by atoms with Gasteiger partial charge in [-0.1, -0.05) is 17.7 Å². The molecular formula is C16H16ClNO3. The number of aromatic carboxylic acids is 1. The summed E-state index contributed by atoms with van der Waals surface area (Å²) < 4.78 is 6.04. The molecule has 1 aromatic heterocycles. The van der Waals surface area contributed by atoms with Crippen molar-refractivity contribution >= 4 is 28.5 Å². The lowest BCUT2D eigenvalue weighted by molar-refractivity contribution is -0.106. The van der Waals surface area contributed by atoms with E-state index in [9.17, 15) is 9.90 Å². The third kappa shape index (κ3) is 2.01. The summed E-state index contributed by atoms with van der Waals surface area (Å²) in [5, 5.41) is 10.8. The largest absolute Gasteiger partial charge is 0.478 e. The molecule has 0 spiro atoms. The predicted octanol–water partition coefficient (Wildman–Crippen LogP) is 4.09. The number of nitrogens with zero attached hydrogens (tertiary/aromatic N) is 1. The third-order valence-corrected chi connectivity index (χ3v) is 4.08. The first kappa shape index (κ1) is 14.3. The van der Waals surface area contributed by atoms with E-state index in [1.807, 2.05) is 27.7 Å². The fraction of sp³-hybridized carbons (Fsp3) is 0.375. The number of fused-ring (bicyclic) bond motifs is 2. The van der Waals surface area contributed by atoms with E-state index in [2.05, 4.69) is 4.98 Å². The van der Waals surface area contributed by atoms with Crippen molar-refractivity contribution in [1.82, 2.24) is 4.98 Å². The van der Waals surface area contributed by atoms with E-state index in [1.165, 1.54) is 0 Å². The lowest BCUT2D eigenvalue weighted by Gasteiger charge is -2.24. The first-order valence-electron chi connectivity index (χ1n) is 6.71. The van der Waals surface area contributed by atoms with Crippen LogP contribution < -0.4 is 0 Å². The second-order valence-corrected chi connectivity index (χ2v) is 6.74. The van der Waals surface area contributed by atoms with E-state index in [-0.39, 0.29) is 5.56 Å². The van der Waals surface area contributed by atoms with Gasteiger partial charge in [-0.3, -0.25) is 0 Å². The van der Waals surface area contributed by atoms with E-state index in [0.717, 1.165) is 0 Å². The maximum Gasteiger partial charge on any atom is 0.336 e. The van der Waals surface area contributed by atoms with Crippen molar-refractivity contribution in [1.29, 1.82) is 0 Å². The Morgan fingerprint density at radius 1 is 1.24 bits per heavy atom. The van der Waals surface area contributed by atoms with E-state index >= 15 is 0 Å². The summed E-state index contributed by atoms with van der Waals surface area (Å²) >= 11 is 6.01. The Balaban J connectivity index is 2.52. The summed E-state index contributed by atoms with van der Waals surface area (Å²) in [5.74, 6) is -0.977. The van der Waals surface area contributed by atoms with Crippen molar-refractivity contribution in [2.24, 2.45) is 0 Å². The van der Waals surface area contributed by atoms with Gasteiger partial charge in [-0.2, -0.15) is 0 Å². The minimum absolute atomic E-state index is 0.252. The van der Waals surface area contributed by atoms with Crippen LogP contribution in [0.25, 0.3) is 10.9 Å². The Morgan fingerprint density at radius 2 is 1.90 bits per heavy atom. The lowest BCUT2D eigenvalue weighted by atomic mass is 9.88. The summed E-state index contributed by atoms with van der Waals surface area (Å²) in [6.07, 6.45) is 0. The molecule has 0 saturated heterocycles. The molecule has 0 radical (unpaired) electrons. The highest BCUT2D eigenvalue weighted by Gasteiger charge is 2.47. The number of carboxylic acids is 1. The quantitative estimate of drug-likeness (QED) is 0.862. The molecule has 2 heterocycles. The van der Waals surface area contributed by atoms with Gasteiger partial charge in [-0.25, -0.2) is 9.78 Å². The Kier molecular flexibility index (Phi) is 2.85. The molecule has 0 saturated carbocycles. The Bertz CT molecular complexity index is 781. The molecule has 0 amide bonds. The Hall–Kier alpha value is -1.65. The van der Waals surface area contributed by atoms with Gasteiger partial charge in [-0.05, 0) is 39.8 Å². The summed E-state index contributed by atoms with van der Waals surface area (Å²) in [4.78, 5) is 16.5. The van der Waals surface area contributed by atoms with Crippen LogP contribution in [0, 0.1) is 0 Å². The Labute approximate surface area is 127 Å². The standard InChI is InChI=1S/C16H16ClNO3/c1-15(2)12-11(14(19)20)9-6-5-8(17)7-10(9)18-13(12)16(3,4)21-15/h5-7H,1-4H3,(H,19,20). The molecule has 0 fully saturated rings. The zero-order valence-electron chi connectivity index (χ0n) is 12.3. The SMILES string of the molecule is CC1(C)OC(C)(C)c2c1nc1cc(Cl)ccc1c2C(=O)O. The van der Waals surface area contributed by atoms with Crippen molar-refractivity contribution in [2.75, 3.05) is 0 Å². The zero-order valence-corrected chi connectivity index (χ0v) is 13.1. The molecule has 1 aliphatic heterocycles. The van der Waals surface area contributed by atoms with Crippen molar-refractivity contribution in [2.45, 2.75) is 38.9 Å². The maximum absolute atomic E-state index is 11.8. The first-order chi connectivity index (χ1) is 9.63. The highest BCUT2D eigenvalue weighted by molar-refractivity contribution is 6.31. The van der Waals surface area contributed by atoms with E-state index in [1.54, 1.807) is 18.2 Å². The fourth-order valence-corrected chi connectivity index (χ4v) is 3.39. The van der Waals surface area contributed by atoms with Crippen LogP contribution in [0.3, 0.4) is 0 Å². The van der Waals surface area contributed by atoms with Gasteiger partial charge in [0.25, 0.3) is 0 Å². The van der Waals surface area contributed by atoms with Gasteiger partial charge in [0.1, 0.15) is 5.60 Å². The fourth-order valence-electron chi connectivity index (χ4n) is 3.22. The number of halogens is 1. The number of carboxylic acid groups (broad SMARTS) is 1. The van der Waals surface area contributed by atoms with Crippen LogP contribution in [0.2, 0.25) is 5.02 Å². The molecule has 1 aromatic carbocycles. The lowest BCUT2D eigenvalue weighted by Crippen LogP contribution is -2.23. The molecule has 2 aromatic rings. The minimum atomic E-state index is -0.977. The van der Waals surface area contributed by atoms with E-state index in [0.29, 0.717) is 27.2 Å². The van der Waals surface area contributed by atoms with Gasteiger partial charge in [0.15, 0.2) is 0 Å². The molecule has 0 unspecified atom stereocenters. The summed E-state index contributed by atoms with van der Waals surface area (Å²) in [6.45, 7) is 7.54. The molecule has 3 rings (SSSR count). The van der Waals surface area contributed by atoms with Crippen molar-refractivity contribution < 1.29 is 14.6 Å². The molecule has 5 heteroatoms. The van der Waals surface area contributed by atoms with Gasteiger partial charge < -0.3 is 9.84 Å². The van der Waals surface area contributed by atoms with E-state index in [4.69, 9.17) is 16.3 Å². The molecule has 0 atom stereocenters. The number of aromatic nitrogens is 1. The number of benzene rings is 1. The van der Waals surface area contributed by atoms with Crippen LogP contribution in [0.1, 0.15) is 49.3 Å². The number of pyridine rings is 1. The summed E-state index contributed by atoms with van der Waals surface area (Å²) in [6, 6.07) is 5.07. The van der Waals surface area contributed by atoms with Crippen LogP contribution >= 0.6 is 11.6 Å². The van der Waals surface area contributed by atoms with Crippen LogP contribution in [0.15, 0.2) is 18.2 Å².